The predicted octanol–water partition coefficient (Wildman–Crippen LogP) is 3.09. The van der Waals surface area contributed by atoms with Crippen LogP contribution in [0.3, 0.4) is 0 Å². The summed E-state index contributed by atoms with van der Waals surface area (Å²) in [7, 11) is 0. The van der Waals surface area contributed by atoms with E-state index in [1.165, 1.54) is 11.3 Å². The molecule has 0 aromatic carbocycles. The maximum absolute atomic E-state index is 12.7. The third-order valence-corrected chi connectivity index (χ3v) is 6.83. The fourth-order valence-corrected chi connectivity index (χ4v) is 5.18. The van der Waals surface area contributed by atoms with Gasteiger partial charge in [0.15, 0.2) is 0 Å². The third-order valence-electron chi connectivity index (χ3n) is 5.62. The summed E-state index contributed by atoms with van der Waals surface area (Å²) in [6.07, 6.45) is 7.75. The zero-order valence-corrected chi connectivity index (χ0v) is 15.2. The number of thiophene rings is 1. The van der Waals surface area contributed by atoms with Crippen LogP contribution in [0, 0.1) is 23.2 Å². The summed E-state index contributed by atoms with van der Waals surface area (Å²) >= 11 is 1.58. The minimum absolute atomic E-state index is 0.00798. The Morgan fingerprint density at radius 1 is 1.08 bits per heavy atom. The molecule has 0 spiro atoms. The first-order valence-corrected chi connectivity index (χ1v) is 10.1. The number of amides is 2. The van der Waals surface area contributed by atoms with Gasteiger partial charge in [-0.15, -0.1) is 11.3 Å². The van der Waals surface area contributed by atoms with Crippen LogP contribution >= 0.6 is 11.3 Å². The highest BCUT2D eigenvalue weighted by Crippen LogP contribution is 2.38. The molecule has 1 aromatic rings. The quantitative estimate of drug-likeness (QED) is 0.903. The lowest BCUT2D eigenvalue weighted by Gasteiger charge is -2.31. The molecule has 5 nitrogen and oxygen atoms in total. The van der Waals surface area contributed by atoms with Crippen molar-refractivity contribution in [3.8, 4) is 6.07 Å². The lowest BCUT2D eigenvalue weighted by molar-refractivity contribution is -0.135. The molecule has 4 rings (SSSR count). The number of rotatable bonds is 3. The van der Waals surface area contributed by atoms with Gasteiger partial charge in [0.05, 0.1) is 5.56 Å². The number of aryl methyl sites for hydroxylation is 1. The van der Waals surface area contributed by atoms with Crippen LogP contribution in [0.1, 0.15) is 54.5 Å². The van der Waals surface area contributed by atoms with Gasteiger partial charge in [0.1, 0.15) is 11.1 Å². The van der Waals surface area contributed by atoms with Gasteiger partial charge in [-0.05, 0) is 56.9 Å². The topological polar surface area (TPSA) is 73.2 Å². The molecule has 2 heterocycles. The van der Waals surface area contributed by atoms with E-state index in [0.717, 1.165) is 55.5 Å². The van der Waals surface area contributed by atoms with Crippen molar-refractivity contribution >= 4 is 28.2 Å². The van der Waals surface area contributed by atoms with E-state index in [2.05, 4.69) is 11.4 Å². The zero-order valence-electron chi connectivity index (χ0n) is 14.3. The maximum atomic E-state index is 12.7. The molecular weight excluding hydrogens is 334 g/mol. The van der Waals surface area contributed by atoms with Gasteiger partial charge in [0.25, 0.3) is 0 Å². The molecule has 2 amide bonds. The molecule has 132 valence electrons. The minimum atomic E-state index is -0.0612. The van der Waals surface area contributed by atoms with Gasteiger partial charge in [0.2, 0.25) is 11.8 Å². The average Bonchev–Trinajstić information content (AvgIpc) is 3.43. The van der Waals surface area contributed by atoms with Gasteiger partial charge in [-0.3, -0.25) is 9.59 Å². The van der Waals surface area contributed by atoms with E-state index in [0.29, 0.717) is 18.7 Å². The Morgan fingerprint density at radius 2 is 1.80 bits per heavy atom. The number of nitriles is 1. The zero-order chi connectivity index (χ0) is 17.4. The van der Waals surface area contributed by atoms with E-state index in [4.69, 9.17) is 0 Å². The number of hydrogen-bond acceptors (Lipinski definition) is 4. The summed E-state index contributed by atoms with van der Waals surface area (Å²) in [6.45, 7) is 1.36. The summed E-state index contributed by atoms with van der Waals surface area (Å²) in [6, 6.07) is 2.30. The fourth-order valence-electron chi connectivity index (χ4n) is 3.94. The average molecular weight is 357 g/mol. The normalized spacial score (nSPS) is 20.7. The van der Waals surface area contributed by atoms with Crippen LogP contribution in [0.25, 0.3) is 0 Å². The molecule has 1 N–H and O–H groups in total. The van der Waals surface area contributed by atoms with Crippen molar-refractivity contribution in [1.82, 2.24) is 4.90 Å². The number of nitrogens with one attached hydrogen (secondary N) is 1. The Kier molecular flexibility index (Phi) is 4.51. The van der Waals surface area contributed by atoms with Crippen LogP contribution in [0.15, 0.2) is 0 Å². The molecule has 1 saturated carbocycles. The Balaban J connectivity index is 1.39. The van der Waals surface area contributed by atoms with Gasteiger partial charge in [-0.2, -0.15) is 5.26 Å². The lowest BCUT2D eigenvalue weighted by atomic mass is 9.95. The van der Waals surface area contributed by atoms with Crippen LogP contribution in [0.4, 0.5) is 5.00 Å². The number of anilines is 1. The smallest absolute Gasteiger partial charge is 0.228 e. The first-order valence-electron chi connectivity index (χ1n) is 9.31. The van der Waals surface area contributed by atoms with Gasteiger partial charge < -0.3 is 10.2 Å². The van der Waals surface area contributed by atoms with Crippen molar-refractivity contribution < 1.29 is 9.59 Å². The standard InChI is InChI=1S/C19H23N3O2S/c20-11-15-14-3-1-2-4-16(14)25-18(15)21-17(23)12-7-9-22(10-8-12)19(24)13-5-6-13/h12-13H,1-10H2,(H,21,23). The number of nitrogens with zero attached hydrogens (tertiary/aromatic N) is 2. The predicted molar refractivity (Wildman–Crippen MR) is 96.3 cm³/mol. The second-order valence-electron chi connectivity index (χ2n) is 7.39. The van der Waals surface area contributed by atoms with Crippen LogP contribution in [-0.2, 0) is 22.4 Å². The van der Waals surface area contributed by atoms with E-state index >= 15 is 0 Å². The first-order chi connectivity index (χ1) is 12.2. The highest BCUT2D eigenvalue weighted by Gasteiger charge is 2.36. The van der Waals surface area contributed by atoms with E-state index in [1.807, 2.05) is 4.90 Å². The Bertz CT molecular complexity index is 737. The van der Waals surface area contributed by atoms with Crippen molar-refractivity contribution in [3.63, 3.8) is 0 Å². The van der Waals surface area contributed by atoms with E-state index in [9.17, 15) is 14.9 Å². The molecule has 1 aromatic heterocycles. The maximum Gasteiger partial charge on any atom is 0.228 e. The Hall–Kier alpha value is -1.87. The molecule has 0 atom stereocenters. The fraction of sp³-hybridized carbons (Fsp3) is 0.632. The molecule has 0 bridgehead atoms. The van der Waals surface area contributed by atoms with Crippen molar-refractivity contribution in [2.24, 2.45) is 11.8 Å². The second kappa shape index (κ2) is 6.80. The largest absolute Gasteiger partial charge is 0.342 e. The molecule has 6 heteroatoms. The second-order valence-corrected chi connectivity index (χ2v) is 8.50. The van der Waals surface area contributed by atoms with Crippen molar-refractivity contribution in [1.29, 1.82) is 5.26 Å². The Labute approximate surface area is 152 Å². The summed E-state index contributed by atoms with van der Waals surface area (Å²) in [5, 5.41) is 13.3. The monoisotopic (exact) mass is 357 g/mol. The number of hydrogen-bond donors (Lipinski definition) is 1. The van der Waals surface area contributed by atoms with E-state index in [1.54, 1.807) is 11.3 Å². The van der Waals surface area contributed by atoms with Crippen molar-refractivity contribution in [2.75, 3.05) is 18.4 Å². The summed E-state index contributed by atoms with van der Waals surface area (Å²) in [4.78, 5) is 28.0. The molecule has 25 heavy (non-hydrogen) atoms. The van der Waals surface area contributed by atoms with Gasteiger partial charge in [-0.25, -0.2) is 0 Å². The van der Waals surface area contributed by atoms with Crippen molar-refractivity contribution in [2.45, 2.75) is 51.4 Å². The van der Waals surface area contributed by atoms with Crippen LogP contribution in [0.2, 0.25) is 0 Å². The molecule has 2 aliphatic carbocycles. The first kappa shape index (κ1) is 16.6. The molecule has 1 saturated heterocycles. The van der Waals surface area contributed by atoms with Crippen LogP contribution in [0.5, 0.6) is 0 Å². The Morgan fingerprint density at radius 3 is 2.48 bits per heavy atom. The lowest BCUT2D eigenvalue weighted by Crippen LogP contribution is -2.42. The molecule has 0 radical (unpaired) electrons. The molecular formula is C19H23N3O2S. The van der Waals surface area contributed by atoms with Gasteiger partial charge in [-0.1, -0.05) is 0 Å². The van der Waals surface area contributed by atoms with E-state index in [-0.39, 0.29) is 23.7 Å². The van der Waals surface area contributed by atoms with Gasteiger partial charge in [0, 0.05) is 29.8 Å². The molecule has 2 fully saturated rings. The van der Waals surface area contributed by atoms with Gasteiger partial charge >= 0.3 is 0 Å². The van der Waals surface area contributed by atoms with Crippen molar-refractivity contribution in [3.05, 3.63) is 16.0 Å². The number of carbonyl (C=O) groups is 2. The molecule has 3 aliphatic rings. The van der Waals surface area contributed by atoms with Crippen LogP contribution in [-0.4, -0.2) is 29.8 Å². The third kappa shape index (κ3) is 3.30. The molecule has 1 aliphatic heterocycles. The number of fused-ring (bicyclic) bond motifs is 1. The van der Waals surface area contributed by atoms with E-state index < -0.39 is 0 Å². The van der Waals surface area contributed by atoms with Crippen LogP contribution < -0.4 is 5.32 Å². The highest BCUT2D eigenvalue weighted by molar-refractivity contribution is 7.16. The SMILES string of the molecule is N#Cc1c(NC(=O)C2CCN(C(=O)C3CC3)CC2)sc2c1CCCC2. The summed E-state index contributed by atoms with van der Waals surface area (Å²) in [5.74, 6) is 0.472. The number of carbonyl (C=O) groups excluding carboxylic acids is 2. The summed E-state index contributed by atoms with van der Waals surface area (Å²) in [5.41, 5.74) is 1.83. The molecule has 0 unspecified atom stereocenters. The summed E-state index contributed by atoms with van der Waals surface area (Å²) < 4.78 is 0. The minimum Gasteiger partial charge on any atom is -0.342 e. The number of likely N-dealkylation sites (tertiary alicyclic amines) is 1. The highest BCUT2D eigenvalue weighted by atomic mass is 32.1. The number of piperidine rings is 1.